The summed E-state index contributed by atoms with van der Waals surface area (Å²) in [7, 11) is -3.09. The third-order valence-electron chi connectivity index (χ3n) is 4.72. The zero-order chi connectivity index (χ0) is 15.5. The topological polar surface area (TPSA) is 66.5 Å². The van der Waals surface area contributed by atoms with Crippen LogP contribution >= 0.6 is 12.4 Å². The molecule has 2 saturated heterocycles. The van der Waals surface area contributed by atoms with Gasteiger partial charge in [0.15, 0.2) is 9.84 Å². The van der Waals surface area contributed by atoms with Crippen LogP contribution in [-0.4, -0.2) is 56.9 Å². The molecule has 2 aliphatic heterocycles. The second kappa shape index (κ2) is 7.97. The fourth-order valence-corrected chi connectivity index (χ4v) is 5.11. The maximum absolute atomic E-state index is 12.2. The summed E-state index contributed by atoms with van der Waals surface area (Å²) in [4.78, 5) is 14.0. The van der Waals surface area contributed by atoms with E-state index in [0.717, 1.165) is 39.0 Å². The molecule has 5 nitrogen and oxygen atoms in total. The van der Waals surface area contributed by atoms with Gasteiger partial charge in [-0.25, -0.2) is 8.42 Å². The van der Waals surface area contributed by atoms with E-state index < -0.39 is 9.84 Å². The number of rotatable bonds is 5. The predicted octanol–water partition coefficient (Wildman–Crippen LogP) is 1.47. The molecule has 1 N–H and O–H groups in total. The molecule has 2 heterocycles. The van der Waals surface area contributed by atoms with Crippen LogP contribution in [-0.2, 0) is 14.6 Å². The molecule has 2 fully saturated rings. The van der Waals surface area contributed by atoms with Gasteiger partial charge in [-0.3, -0.25) is 4.79 Å². The van der Waals surface area contributed by atoms with Crippen molar-refractivity contribution in [2.45, 2.75) is 39.5 Å². The average Bonchev–Trinajstić information content (AvgIpc) is 2.84. The number of sulfone groups is 1. The molecule has 0 unspecified atom stereocenters. The van der Waals surface area contributed by atoms with Crippen LogP contribution < -0.4 is 5.32 Å². The Balaban J connectivity index is 0.00000242. The van der Waals surface area contributed by atoms with E-state index in [1.807, 2.05) is 18.7 Å². The standard InChI is InChI=1S/C15H28N2O3S.ClH/c1-13(2)11-21(19,20)10-3-14(18)17-8-5-15(6-9-17)4-7-16-12-15;/h13,16H,3-12H2,1-2H3;1H. The number of nitrogens with zero attached hydrogens (tertiary/aromatic N) is 1. The summed E-state index contributed by atoms with van der Waals surface area (Å²) in [5, 5.41) is 3.41. The molecule has 22 heavy (non-hydrogen) atoms. The molecule has 130 valence electrons. The van der Waals surface area contributed by atoms with Crippen molar-refractivity contribution < 1.29 is 13.2 Å². The van der Waals surface area contributed by atoms with Crippen LogP contribution in [0.1, 0.15) is 39.5 Å². The third-order valence-corrected chi connectivity index (χ3v) is 6.72. The van der Waals surface area contributed by atoms with Gasteiger partial charge in [-0.1, -0.05) is 13.8 Å². The summed E-state index contributed by atoms with van der Waals surface area (Å²) in [5.41, 5.74) is 0.389. The van der Waals surface area contributed by atoms with E-state index in [1.165, 1.54) is 6.42 Å². The monoisotopic (exact) mass is 352 g/mol. The Kier molecular flexibility index (Phi) is 7.15. The van der Waals surface area contributed by atoms with Crippen molar-refractivity contribution in [3.05, 3.63) is 0 Å². The van der Waals surface area contributed by atoms with E-state index in [2.05, 4.69) is 5.32 Å². The highest BCUT2D eigenvalue weighted by atomic mass is 35.5. The molecule has 2 aliphatic rings. The highest BCUT2D eigenvalue weighted by molar-refractivity contribution is 7.91. The largest absolute Gasteiger partial charge is 0.343 e. The molecule has 7 heteroatoms. The highest BCUT2D eigenvalue weighted by Crippen LogP contribution is 2.36. The van der Waals surface area contributed by atoms with E-state index in [1.54, 1.807) is 0 Å². The van der Waals surface area contributed by atoms with Crippen molar-refractivity contribution in [3.63, 3.8) is 0 Å². The number of halogens is 1. The maximum Gasteiger partial charge on any atom is 0.223 e. The smallest absolute Gasteiger partial charge is 0.223 e. The van der Waals surface area contributed by atoms with Crippen LogP contribution in [0.5, 0.6) is 0 Å². The van der Waals surface area contributed by atoms with Gasteiger partial charge in [0, 0.05) is 26.1 Å². The summed E-state index contributed by atoms with van der Waals surface area (Å²) in [6.07, 6.45) is 3.44. The van der Waals surface area contributed by atoms with Gasteiger partial charge in [0.25, 0.3) is 0 Å². The van der Waals surface area contributed by atoms with Crippen LogP contribution in [0.15, 0.2) is 0 Å². The molecule has 0 atom stereocenters. The summed E-state index contributed by atoms with van der Waals surface area (Å²) < 4.78 is 23.7. The minimum absolute atomic E-state index is 0. The van der Waals surface area contributed by atoms with E-state index in [0.29, 0.717) is 5.41 Å². The summed E-state index contributed by atoms with van der Waals surface area (Å²) in [6, 6.07) is 0. The first-order valence-corrected chi connectivity index (χ1v) is 9.83. The number of piperidine rings is 1. The summed E-state index contributed by atoms with van der Waals surface area (Å²) in [6.45, 7) is 7.49. The minimum Gasteiger partial charge on any atom is -0.343 e. The molecule has 0 aliphatic carbocycles. The molecule has 1 amide bonds. The Hall–Kier alpha value is -0.330. The lowest BCUT2D eigenvalue weighted by Gasteiger charge is -2.39. The van der Waals surface area contributed by atoms with Gasteiger partial charge in [0.1, 0.15) is 0 Å². The van der Waals surface area contributed by atoms with E-state index in [9.17, 15) is 13.2 Å². The average molecular weight is 353 g/mol. The van der Waals surface area contributed by atoms with Gasteiger partial charge in [-0.15, -0.1) is 12.4 Å². The van der Waals surface area contributed by atoms with Crippen LogP contribution in [0.3, 0.4) is 0 Å². The SMILES string of the molecule is CC(C)CS(=O)(=O)CCC(=O)N1CCC2(CCNC2)CC1.Cl. The summed E-state index contributed by atoms with van der Waals surface area (Å²) in [5.74, 6) is 0.292. The van der Waals surface area contributed by atoms with Crippen molar-refractivity contribution in [2.24, 2.45) is 11.3 Å². The lowest BCUT2D eigenvalue weighted by atomic mass is 9.78. The van der Waals surface area contributed by atoms with Crippen LogP contribution in [0.4, 0.5) is 0 Å². The molecular weight excluding hydrogens is 324 g/mol. The van der Waals surface area contributed by atoms with Crippen molar-refractivity contribution in [1.29, 1.82) is 0 Å². The van der Waals surface area contributed by atoms with Crippen LogP contribution in [0, 0.1) is 11.3 Å². The molecule has 0 radical (unpaired) electrons. The predicted molar refractivity (Wildman–Crippen MR) is 91.1 cm³/mol. The van der Waals surface area contributed by atoms with Gasteiger partial charge < -0.3 is 10.2 Å². The Morgan fingerprint density at radius 3 is 2.36 bits per heavy atom. The van der Waals surface area contributed by atoms with Gasteiger partial charge in [-0.2, -0.15) is 0 Å². The number of hydrogen-bond donors (Lipinski definition) is 1. The van der Waals surface area contributed by atoms with Gasteiger partial charge >= 0.3 is 0 Å². The highest BCUT2D eigenvalue weighted by Gasteiger charge is 2.38. The van der Waals surface area contributed by atoms with E-state index >= 15 is 0 Å². The molecule has 0 aromatic carbocycles. The molecular formula is C15H29ClN2O3S. The van der Waals surface area contributed by atoms with Gasteiger partial charge in [0.05, 0.1) is 11.5 Å². The lowest BCUT2D eigenvalue weighted by Crippen LogP contribution is -2.44. The fourth-order valence-electron chi connectivity index (χ4n) is 3.44. The van der Waals surface area contributed by atoms with Gasteiger partial charge in [0.2, 0.25) is 5.91 Å². The first kappa shape index (κ1) is 19.7. The zero-order valence-corrected chi connectivity index (χ0v) is 15.3. The van der Waals surface area contributed by atoms with Crippen LogP contribution in [0.2, 0.25) is 0 Å². The van der Waals surface area contributed by atoms with Crippen molar-refractivity contribution in [2.75, 3.05) is 37.7 Å². The van der Waals surface area contributed by atoms with Gasteiger partial charge in [-0.05, 0) is 37.1 Å². The minimum atomic E-state index is -3.09. The molecule has 0 bridgehead atoms. The Labute approximate surface area is 140 Å². The first-order chi connectivity index (χ1) is 9.82. The summed E-state index contributed by atoms with van der Waals surface area (Å²) >= 11 is 0. The maximum atomic E-state index is 12.2. The number of carbonyl (C=O) groups excluding carboxylic acids is 1. The van der Waals surface area contributed by atoms with Crippen LogP contribution in [0.25, 0.3) is 0 Å². The molecule has 0 aromatic rings. The number of nitrogens with one attached hydrogen (secondary N) is 1. The number of likely N-dealkylation sites (tertiary alicyclic amines) is 1. The van der Waals surface area contributed by atoms with Crippen molar-refractivity contribution >= 4 is 28.2 Å². The van der Waals surface area contributed by atoms with E-state index in [-0.39, 0.29) is 42.2 Å². The number of carbonyl (C=O) groups is 1. The second-order valence-electron chi connectivity index (χ2n) is 7.07. The Morgan fingerprint density at radius 1 is 1.23 bits per heavy atom. The molecule has 0 aromatic heterocycles. The second-order valence-corrected chi connectivity index (χ2v) is 9.29. The number of amides is 1. The molecule has 1 spiro atoms. The lowest BCUT2D eigenvalue weighted by molar-refractivity contribution is -0.132. The van der Waals surface area contributed by atoms with Crippen molar-refractivity contribution in [1.82, 2.24) is 10.2 Å². The molecule has 2 rings (SSSR count). The fraction of sp³-hybridized carbons (Fsp3) is 0.933. The van der Waals surface area contributed by atoms with E-state index in [4.69, 9.17) is 0 Å². The molecule has 0 saturated carbocycles. The van der Waals surface area contributed by atoms with Crippen molar-refractivity contribution in [3.8, 4) is 0 Å². The Morgan fingerprint density at radius 2 is 1.86 bits per heavy atom. The Bertz CT molecular complexity index is 463. The third kappa shape index (κ3) is 5.39. The quantitative estimate of drug-likeness (QED) is 0.813. The first-order valence-electron chi connectivity index (χ1n) is 8.01. The normalized spacial score (nSPS) is 21.1. The number of hydrogen-bond acceptors (Lipinski definition) is 4. The zero-order valence-electron chi connectivity index (χ0n) is 13.6.